The second-order valence-electron chi connectivity index (χ2n) is 4.53. The van der Waals surface area contributed by atoms with Gasteiger partial charge in [-0.25, -0.2) is 13.1 Å². The molecular weight excluding hydrogens is 292 g/mol. The Hall–Kier alpha value is -1.21. The zero-order valence-electron chi connectivity index (χ0n) is 11.3. The third-order valence-corrected chi connectivity index (χ3v) is 5.50. The van der Waals surface area contributed by atoms with Crippen LogP contribution >= 0.6 is 11.3 Å². The van der Waals surface area contributed by atoms with Crippen molar-refractivity contribution in [3.8, 4) is 0 Å². The number of rotatable bonds is 6. The van der Waals surface area contributed by atoms with E-state index in [1.807, 2.05) is 18.4 Å². The summed E-state index contributed by atoms with van der Waals surface area (Å²) >= 11 is 1.55. The maximum absolute atomic E-state index is 12.2. The van der Waals surface area contributed by atoms with Crippen LogP contribution in [0.4, 0.5) is 0 Å². The van der Waals surface area contributed by atoms with Gasteiger partial charge in [-0.2, -0.15) is 0 Å². The third-order valence-electron chi connectivity index (χ3n) is 3.06. The third kappa shape index (κ3) is 3.67. The molecule has 1 heterocycles. The van der Waals surface area contributed by atoms with Gasteiger partial charge in [0.1, 0.15) is 0 Å². The maximum atomic E-state index is 12.2. The van der Waals surface area contributed by atoms with Gasteiger partial charge in [0, 0.05) is 11.4 Å². The summed E-state index contributed by atoms with van der Waals surface area (Å²) in [5.74, 6) is 0. The first-order valence-corrected chi connectivity index (χ1v) is 8.71. The molecule has 4 nitrogen and oxygen atoms in total. The van der Waals surface area contributed by atoms with Crippen LogP contribution in [0, 0.1) is 6.92 Å². The first kappa shape index (κ1) is 15.2. The standard InChI is InChI=1S/C14H18N2O2S2/c1-11-7-9-19-14(11)10-16-20(17,18)13-4-2-12(3-5-13)6-8-15/h2-5,7,9,16H,6,8,10,15H2,1H3. The van der Waals surface area contributed by atoms with E-state index in [1.54, 1.807) is 35.6 Å². The van der Waals surface area contributed by atoms with E-state index in [0.717, 1.165) is 22.4 Å². The van der Waals surface area contributed by atoms with E-state index < -0.39 is 10.0 Å². The summed E-state index contributed by atoms with van der Waals surface area (Å²) < 4.78 is 27.0. The quantitative estimate of drug-likeness (QED) is 0.857. The number of sulfonamides is 1. The number of hydrogen-bond acceptors (Lipinski definition) is 4. The molecule has 6 heteroatoms. The highest BCUT2D eigenvalue weighted by atomic mass is 32.2. The molecule has 0 radical (unpaired) electrons. The predicted octanol–water partition coefficient (Wildman–Crippen LogP) is 2.04. The van der Waals surface area contributed by atoms with E-state index >= 15 is 0 Å². The molecule has 0 unspecified atom stereocenters. The van der Waals surface area contributed by atoms with Gasteiger partial charge in [0.2, 0.25) is 10.0 Å². The van der Waals surface area contributed by atoms with Gasteiger partial charge in [0.05, 0.1) is 4.90 Å². The van der Waals surface area contributed by atoms with Gasteiger partial charge in [-0.05, 0) is 54.6 Å². The molecule has 0 saturated heterocycles. The Bertz CT molecular complexity index is 661. The van der Waals surface area contributed by atoms with Crippen molar-refractivity contribution >= 4 is 21.4 Å². The summed E-state index contributed by atoms with van der Waals surface area (Å²) in [6, 6.07) is 8.83. The molecule has 1 aromatic carbocycles. The molecule has 2 rings (SSSR count). The Balaban J connectivity index is 2.08. The molecule has 0 spiro atoms. The zero-order chi connectivity index (χ0) is 14.6. The molecular formula is C14H18N2O2S2. The van der Waals surface area contributed by atoms with E-state index in [9.17, 15) is 8.42 Å². The number of nitrogens with one attached hydrogen (secondary N) is 1. The fraction of sp³-hybridized carbons (Fsp3) is 0.286. The van der Waals surface area contributed by atoms with Crippen molar-refractivity contribution in [1.82, 2.24) is 4.72 Å². The summed E-state index contributed by atoms with van der Waals surface area (Å²) in [5.41, 5.74) is 7.62. The highest BCUT2D eigenvalue weighted by Gasteiger charge is 2.14. The molecule has 20 heavy (non-hydrogen) atoms. The number of nitrogens with two attached hydrogens (primary N) is 1. The Morgan fingerprint density at radius 2 is 1.90 bits per heavy atom. The molecule has 0 bridgehead atoms. The van der Waals surface area contributed by atoms with Crippen LogP contribution in [-0.2, 0) is 23.0 Å². The Morgan fingerprint density at radius 1 is 1.20 bits per heavy atom. The van der Waals surface area contributed by atoms with Crippen LogP contribution in [0.1, 0.15) is 16.0 Å². The largest absolute Gasteiger partial charge is 0.330 e. The van der Waals surface area contributed by atoms with Crippen molar-refractivity contribution in [2.45, 2.75) is 24.8 Å². The summed E-state index contributed by atoms with van der Waals surface area (Å²) in [5, 5.41) is 1.96. The van der Waals surface area contributed by atoms with Crippen LogP contribution in [0.15, 0.2) is 40.6 Å². The molecule has 108 valence electrons. The van der Waals surface area contributed by atoms with E-state index in [1.165, 1.54) is 0 Å². The molecule has 0 aliphatic heterocycles. The maximum Gasteiger partial charge on any atom is 0.240 e. The fourth-order valence-electron chi connectivity index (χ4n) is 1.83. The molecule has 1 aromatic heterocycles. The molecule has 0 saturated carbocycles. The molecule has 2 aromatic rings. The minimum Gasteiger partial charge on any atom is -0.330 e. The molecule has 0 aliphatic carbocycles. The summed E-state index contributed by atoms with van der Waals surface area (Å²) in [6.07, 6.45) is 0.752. The van der Waals surface area contributed by atoms with Crippen LogP contribution in [0.5, 0.6) is 0 Å². The van der Waals surface area contributed by atoms with Gasteiger partial charge in [0.15, 0.2) is 0 Å². The van der Waals surface area contributed by atoms with Crippen molar-refractivity contribution < 1.29 is 8.42 Å². The minimum absolute atomic E-state index is 0.285. The second-order valence-corrected chi connectivity index (χ2v) is 7.30. The Kier molecular flexibility index (Phi) is 4.93. The van der Waals surface area contributed by atoms with Gasteiger partial charge < -0.3 is 5.73 Å². The van der Waals surface area contributed by atoms with Crippen molar-refractivity contribution in [3.63, 3.8) is 0 Å². The Morgan fingerprint density at radius 3 is 2.45 bits per heavy atom. The van der Waals surface area contributed by atoms with E-state index in [2.05, 4.69) is 4.72 Å². The van der Waals surface area contributed by atoms with Gasteiger partial charge in [-0.1, -0.05) is 12.1 Å². The molecule has 0 amide bonds. The van der Waals surface area contributed by atoms with Gasteiger partial charge in [-0.3, -0.25) is 0 Å². The van der Waals surface area contributed by atoms with Crippen LogP contribution in [0.2, 0.25) is 0 Å². The van der Waals surface area contributed by atoms with E-state index in [0.29, 0.717) is 13.1 Å². The SMILES string of the molecule is Cc1ccsc1CNS(=O)(=O)c1ccc(CCN)cc1. The molecule has 0 atom stereocenters. The minimum atomic E-state index is -3.46. The topological polar surface area (TPSA) is 72.2 Å². The first-order chi connectivity index (χ1) is 9.53. The lowest BCUT2D eigenvalue weighted by atomic mass is 10.2. The van der Waals surface area contributed by atoms with Crippen molar-refractivity contribution in [1.29, 1.82) is 0 Å². The Labute approximate surface area is 123 Å². The van der Waals surface area contributed by atoms with Crippen molar-refractivity contribution in [3.05, 3.63) is 51.7 Å². The van der Waals surface area contributed by atoms with E-state index in [4.69, 9.17) is 5.73 Å². The average Bonchev–Trinajstić information content (AvgIpc) is 2.83. The molecule has 0 fully saturated rings. The van der Waals surface area contributed by atoms with Gasteiger partial charge in [0.25, 0.3) is 0 Å². The zero-order valence-corrected chi connectivity index (χ0v) is 12.9. The smallest absolute Gasteiger partial charge is 0.240 e. The number of thiophene rings is 1. The summed E-state index contributed by atoms with van der Waals surface area (Å²) in [7, 11) is -3.46. The molecule has 3 N–H and O–H groups in total. The van der Waals surface area contributed by atoms with Crippen LogP contribution in [0.3, 0.4) is 0 Å². The van der Waals surface area contributed by atoms with Gasteiger partial charge in [-0.15, -0.1) is 11.3 Å². The lowest BCUT2D eigenvalue weighted by molar-refractivity contribution is 0.581. The number of hydrogen-bond donors (Lipinski definition) is 2. The van der Waals surface area contributed by atoms with E-state index in [-0.39, 0.29) is 4.90 Å². The van der Waals surface area contributed by atoms with Crippen LogP contribution in [-0.4, -0.2) is 15.0 Å². The normalized spacial score (nSPS) is 11.7. The fourth-order valence-corrected chi connectivity index (χ4v) is 3.76. The highest BCUT2D eigenvalue weighted by Crippen LogP contribution is 2.17. The number of aryl methyl sites for hydroxylation is 1. The summed E-state index contributed by atoms with van der Waals surface area (Å²) in [6.45, 7) is 2.86. The van der Waals surface area contributed by atoms with Gasteiger partial charge >= 0.3 is 0 Å². The van der Waals surface area contributed by atoms with Crippen LogP contribution in [0.25, 0.3) is 0 Å². The number of benzene rings is 1. The van der Waals surface area contributed by atoms with Crippen LogP contribution < -0.4 is 10.5 Å². The first-order valence-electron chi connectivity index (χ1n) is 6.34. The predicted molar refractivity (Wildman–Crippen MR) is 82.3 cm³/mol. The molecule has 0 aliphatic rings. The lowest BCUT2D eigenvalue weighted by Crippen LogP contribution is -2.23. The van der Waals surface area contributed by atoms with Crippen molar-refractivity contribution in [2.75, 3.05) is 6.54 Å². The summed E-state index contributed by atoms with van der Waals surface area (Å²) in [4.78, 5) is 1.32. The lowest BCUT2D eigenvalue weighted by Gasteiger charge is -2.07. The average molecular weight is 310 g/mol. The second kappa shape index (κ2) is 6.49. The monoisotopic (exact) mass is 310 g/mol. The van der Waals surface area contributed by atoms with Crippen molar-refractivity contribution in [2.24, 2.45) is 5.73 Å². The highest BCUT2D eigenvalue weighted by molar-refractivity contribution is 7.89.